The Bertz CT molecular complexity index is 944. The van der Waals surface area contributed by atoms with Crippen molar-refractivity contribution in [1.29, 1.82) is 0 Å². The lowest BCUT2D eigenvalue weighted by atomic mass is 10.1. The van der Waals surface area contributed by atoms with Crippen LogP contribution >= 0.6 is 11.8 Å². The van der Waals surface area contributed by atoms with Crippen LogP contribution in [0, 0.1) is 0 Å². The van der Waals surface area contributed by atoms with Crippen molar-refractivity contribution in [2.75, 3.05) is 0 Å². The van der Waals surface area contributed by atoms with Gasteiger partial charge >= 0.3 is 11.9 Å². The standard InChI is InChI=1S/C18H13NO3S/c1-19-8-7-12-14(23-10-11-5-3-2-4-6-11)9-13-15(16(12)19)18(21)22-17(13)20/h2-9H,10H2,1H3. The summed E-state index contributed by atoms with van der Waals surface area (Å²) in [5.74, 6) is -0.321. The number of benzene rings is 2. The number of cyclic esters (lactones) is 2. The molecule has 1 aliphatic rings. The number of hydrogen-bond acceptors (Lipinski definition) is 4. The van der Waals surface area contributed by atoms with E-state index in [0.29, 0.717) is 11.1 Å². The number of ether oxygens (including phenoxy) is 1. The van der Waals surface area contributed by atoms with Crippen molar-refractivity contribution >= 4 is 34.6 Å². The molecule has 1 aliphatic heterocycles. The second-order valence-corrected chi connectivity index (χ2v) is 6.45. The molecule has 2 aromatic carbocycles. The minimum atomic E-state index is -0.560. The van der Waals surface area contributed by atoms with Crippen molar-refractivity contribution in [3.63, 3.8) is 0 Å². The molecule has 3 aromatic rings. The fourth-order valence-corrected chi connectivity index (χ4v) is 3.90. The molecule has 0 fully saturated rings. The van der Waals surface area contributed by atoms with Gasteiger partial charge in [0, 0.05) is 29.3 Å². The molecule has 0 unspecified atom stereocenters. The zero-order chi connectivity index (χ0) is 16.0. The number of nitrogens with zero attached hydrogens (tertiary/aromatic N) is 1. The van der Waals surface area contributed by atoms with Crippen LogP contribution in [0.4, 0.5) is 0 Å². The van der Waals surface area contributed by atoms with Crippen LogP contribution in [0.5, 0.6) is 0 Å². The Morgan fingerprint density at radius 1 is 1.09 bits per heavy atom. The molecule has 0 N–H and O–H groups in total. The fourth-order valence-electron chi connectivity index (χ4n) is 2.86. The largest absolute Gasteiger partial charge is 0.386 e. The molecule has 23 heavy (non-hydrogen) atoms. The van der Waals surface area contributed by atoms with E-state index in [-0.39, 0.29) is 0 Å². The Labute approximate surface area is 137 Å². The monoisotopic (exact) mass is 323 g/mol. The molecule has 1 aromatic heterocycles. The van der Waals surface area contributed by atoms with Crippen LogP contribution < -0.4 is 0 Å². The van der Waals surface area contributed by atoms with E-state index in [1.807, 2.05) is 42.1 Å². The second kappa shape index (κ2) is 5.28. The number of rotatable bonds is 3. The van der Waals surface area contributed by atoms with Crippen LogP contribution in [0.25, 0.3) is 10.9 Å². The predicted octanol–water partition coefficient (Wildman–Crippen LogP) is 3.78. The molecule has 0 amide bonds. The minimum Gasteiger partial charge on any atom is -0.386 e. The quantitative estimate of drug-likeness (QED) is 0.418. The zero-order valence-electron chi connectivity index (χ0n) is 12.4. The van der Waals surface area contributed by atoms with Gasteiger partial charge in [-0.3, -0.25) is 0 Å². The molecule has 0 saturated carbocycles. The van der Waals surface area contributed by atoms with Gasteiger partial charge in [-0.2, -0.15) is 0 Å². The van der Waals surface area contributed by atoms with Gasteiger partial charge in [0.1, 0.15) is 0 Å². The third-order valence-corrected chi connectivity index (χ3v) is 5.09. The SMILES string of the molecule is Cn1ccc2c(SCc3ccccc3)cc3c(c21)C(=O)OC3=O. The van der Waals surface area contributed by atoms with Crippen LogP contribution in [0.1, 0.15) is 26.3 Å². The number of carbonyl (C=O) groups excluding carboxylic acids is 2. The Kier molecular flexibility index (Phi) is 3.23. The number of aromatic nitrogens is 1. The van der Waals surface area contributed by atoms with Gasteiger partial charge in [-0.1, -0.05) is 30.3 Å². The van der Waals surface area contributed by atoms with Gasteiger partial charge < -0.3 is 9.30 Å². The van der Waals surface area contributed by atoms with E-state index < -0.39 is 11.9 Å². The van der Waals surface area contributed by atoms with E-state index >= 15 is 0 Å². The maximum absolute atomic E-state index is 12.0. The van der Waals surface area contributed by atoms with E-state index in [1.54, 1.807) is 17.8 Å². The van der Waals surface area contributed by atoms with Crippen molar-refractivity contribution in [3.05, 3.63) is 65.4 Å². The van der Waals surface area contributed by atoms with Crippen molar-refractivity contribution in [3.8, 4) is 0 Å². The molecular formula is C18H13NO3S. The number of thioether (sulfide) groups is 1. The molecule has 4 nitrogen and oxygen atoms in total. The lowest BCUT2D eigenvalue weighted by Crippen LogP contribution is -1.99. The van der Waals surface area contributed by atoms with E-state index in [1.165, 1.54) is 5.56 Å². The van der Waals surface area contributed by atoms with Gasteiger partial charge in [0.25, 0.3) is 0 Å². The average Bonchev–Trinajstić information content (AvgIpc) is 3.07. The smallest absolute Gasteiger partial charge is 0.349 e. The third-order valence-electron chi connectivity index (χ3n) is 3.97. The Morgan fingerprint density at radius 3 is 2.65 bits per heavy atom. The summed E-state index contributed by atoms with van der Waals surface area (Å²) in [5, 5.41) is 0.971. The molecule has 5 heteroatoms. The Hall–Kier alpha value is -2.53. The first-order valence-electron chi connectivity index (χ1n) is 7.20. The summed E-state index contributed by atoms with van der Waals surface area (Å²) in [4.78, 5) is 24.9. The van der Waals surface area contributed by atoms with Crippen LogP contribution in [0.2, 0.25) is 0 Å². The molecule has 0 aliphatic carbocycles. The summed E-state index contributed by atoms with van der Waals surface area (Å²) in [6, 6.07) is 13.9. The van der Waals surface area contributed by atoms with Crippen LogP contribution in [-0.4, -0.2) is 16.5 Å². The Balaban J connectivity index is 1.82. The molecule has 0 atom stereocenters. The highest BCUT2D eigenvalue weighted by Gasteiger charge is 2.34. The number of esters is 2. The topological polar surface area (TPSA) is 48.3 Å². The maximum Gasteiger partial charge on any atom is 0.349 e. The first-order chi connectivity index (χ1) is 11.1. The highest BCUT2D eigenvalue weighted by Crippen LogP contribution is 2.37. The zero-order valence-corrected chi connectivity index (χ0v) is 13.2. The van der Waals surface area contributed by atoms with Crippen LogP contribution in [0.3, 0.4) is 0 Å². The normalized spacial score (nSPS) is 13.4. The second-order valence-electron chi connectivity index (χ2n) is 5.44. The first kappa shape index (κ1) is 14.1. The minimum absolute atomic E-state index is 0.361. The molecule has 0 radical (unpaired) electrons. The van der Waals surface area contributed by atoms with Gasteiger partial charge in [0.15, 0.2) is 0 Å². The third kappa shape index (κ3) is 2.24. The first-order valence-corrected chi connectivity index (χ1v) is 8.19. The summed E-state index contributed by atoms with van der Waals surface area (Å²) in [6.45, 7) is 0. The molecule has 114 valence electrons. The molecule has 4 rings (SSSR count). The highest BCUT2D eigenvalue weighted by molar-refractivity contribution is 7.98. The van der Waals surface area contributed by atoms with Gasteiger partial charge in [0.2, 0.25) is 0 Å². The maximum atomic E-state index is 12.0. The van der Waals surface area contributed by atoms with E-state index in [4.69, 9.17) is 4.74 Å². The number of aryl methyl sites for hydroxylation is 1. The lowest BCUT2D eigenvalue weighted by molar-refractivity contribution is 0.0444. The average molecular weight is 323 g/mol. The van der Waals surface area contributed by atoms with E-state index in [0.717, 1.165) is 21.6 Å². The number of fused-ring (bicyclic) bond motifs is 3. The van der Waals surface area contributed by atoms with Gasteiger partial charge in [0.05, 0.1) is 16.6 Å². The summed E-state index contributed by atoms with van der Waals surface area (Å²) in [6.07, 6.45) is 1.90. The van der Waals surface area contributed by atoms with E-state index in [2.05, 4.69) is 12.1 Å². The summed E-state index contributed by atoms with van der Waals surface area (Å²) in [5.41, 5.74) is 2.70. The molecule has 0 spiro atoms. The van der Waals surface area contributed by atoms with E-state index in [9.17, 15) is 9.59 Å². The lowest BCUT2D eigenvalue weighted by Gasteiger charge is -2.07. The van der Waals surface area contributed by atoms with Crippen molar-refractivity contribution in [2.45, 2.75) is 10.6 Å². The summed E-state index contributed by atoms with van der Waals surface area (Å²) >= 11 is 1.65. The molecule has 0 bridgehead atoms. The fraction of sp³-hybridized carbons (Fsp3) is 0.111. The van der Waals surface area contributed by atoms with Crippen molar-refractivity contribution in [1.82, 2.24) is 4.57 Å². The summed E-state index contributed by atoms with van der Waals surface area (Å²) in [7, 11) is 1.87. The van der Waals surface area contributed by atoms with Gasteiger partial charge in [-0.25, -0.2) is 9.59 Å². The van der Waals surface area contributed by atoms with Crippen LogP contribution in [0.15, 0.2) is 53.6 Å². The number of hydrogen-bond donors (Lipinski definition) is 0. The predicted molar refractivity (Wildman–Crippen MR) is 88.7 cm³/mol. The highest BCUT2D eigenvalue weighted by atomic mass is 32.2. The van der Waals surface area contributed by atoms with Crippen molar-refractivity contribution < 1.29 is 14.3 Å². The Morgan fingerprint density at radius 2 is 1.87 bits per heavy atom. The number of carbonyl (C=O) groups is 2. The summed E-state index contributed by atoms with van der Waals surface area (Å²) < 4.78 is 6.64. The van der Waals surface area contributed by atoms with Crippen LogP contribution in [-0.2, 0) is 17.5 Å². The molecular weight excluding hydrogens is 310 g/mol. The molecule has 2 heterocycles. The van der Waals surface area contributed by atoms with Gasteiger partial charge in [-0.15, -0.1) is 11.8 Å². The van der Waals surface area contributed by atoms with Gasteiger partial charge in [-0.05, 0) is 17.7 Å². The molecule has 0 saturated heterocycles. The van der Waals surface area contributed by atoms with Crippen molar-refractivity contribution in [2.24, 2.45) is 7.05 Å².